The Bertz CT molecular complexity index is 825. The molecular formula is C22H33BFNO9. The molecule has 0 bridgehead atoms. The Labute approximate surface area is 198 Å². The third-order valence-electron chi connectivity index (χ3n) is 4.87. The summed E-state index contributed by atoms with van der Waals surface area (Å²) < 4.78 is 41.5. The number of amides is 1. The van der Waals surface area contributed by atoms with Gasteiger partial charge in [0.1, 0.15) is 29.8 Å². The van der Waals surface area contributed by atoms with Gasteiger partial charge in [0.05, 0.1) is 13.7 Å². The normalized spacial score (nSPS) is 17.0. The number of hydrogen-bond acceptors (Lipinski definition) is 9. The van der Waals surface area contributed by atoms with E-state index < -0.39 is 36.6 Å². The molecule has 12 heteroatoms. The van der Waals surface area contributed by atoms with Crippen LogP contribution in [0.3, 0.4) is 0 Å². The van der Waals surface area contributed by atoms with E-state index in [9.17, 15) is 24.0 Å². The number of halogens is 1. The fourth-order valence-corrected chi connectivity index (χ4v) is 3.34. The van der Waals surface area contributed by atoms with E-state index in [0.717, 1.165) is 32.4 Å². The van der Waals surface area contributed by atoms with Gasteiger partial charge in [-0.3, -0.25) is 0 Å². The Morgan fingerprint density at radius 2 is 2.00 bits per heavy atom. The van der Waals surface area contributed by atoms with Crippen LogP contribution in [-0.4, -0.2) is 74.1 Å². The first-order chi connectivity index (χ1) is 16.0. The molecule has 0 spiro atoms. The van der Waals surface area contributed by atoms with Gasteiger partial charge >= 0.3 is 19.2 Å². The molecule has 3 N–H and O–H groups in total. The fraction of sp³-hybridized carbons (Fsp3) is 0.636. The predicted molar refractivity (Wildman–Crippen MR) is 120 cm³/mol. The molecule has 2 atom stereocenters. The number of methoxy groups -OCH3 is 1. The number of hydrogen-bond donors (Lipinski definition) is 3. The Hall–Kier alpha value is -2.41. The smallest absolute Gasteiger partial charge is 0.491 e. The van der Waals surface area contributed by atoms with Crippen LogP contribution in [0.5, 0.6) is 5.75 Å². The van der Waals surface area contributed by atoms with Gasteiger partial charge in [0, 0.05) is 24.1 Å². The number of carbonyl (C=O) groups excluding carboxylic acids is 2. The van der Waals surface area contributed by atoms with E-state index in [2.05, 4.69) is 5.32 Å². The summed E-state index contributed by atoms with van der Waals surface area (Å²) in [6.07, 6.45) is 1.07. The number of ether oxygens (including phenoxy) is 5. The average Bonchev–Trinajstić information content (AvgIpc) is 2.76. The van der Waals surface area contributed by atoms with Gasteiger partial charge in [-0.15, -0.1) is 0 Å². The van der Waals surface area contributed by atoms with Gasteiger partial charge in [-0.1, -0.05) is 6.07 Å². The first kappa shape index (κ1) is 27.8. The maximum absolute atomic E-state index is 14.8. The summed E-state index contributed by atoms with van der Waals surface area (Å²) in [7, 11) is -0.842. The maximum atomic E-state index is 14.8. The topological polar surface area (TPSA) is 133 Å². The van der Waals surface area contributed by atoms with E-state index in [4.69, 9.17) is 23.7 Å². The molecule has 0 aromatic heterocycles. The molecule has 0 saturated carbocycles. The van der Waals surface area contributed by atoms with E-state index in [0.29, 0.717) is 6.61 Å². The molecule has 10 nitrogen and oxygen atoms in total. The summed E-state index contributed by atoms with van der Waals surface area (Å²) in [4.78, 5) is 24.5. The number of rotatable bonds is 10. The molecule has 190 valence electrons. The van der Waals surface area contributed by atoms with Gasteiger partial charge in [-0.2, -0.15) is 0 Å². The minimum absolute atomic E-state index is 0.0432. The quantitative estimate of drug-likeness (QED) is 0.253. The number of esters is 1. The number of carbonyl (C=O) groups is 2. The number of alkyl carbamates (subject to hydrolysis) is 1. The van der Waals surface area contributed by atoms with Crippen molar-refractivity contribution in [1.82, 2.24) is 5.32 Å². The lowest BCUT2D eigenvalue weighted by Gasteiger charge is -2.24. The summed E-state index contributed by atoms with van der Waals surface area (Å²) in [6, 6.07) is 0.860. The zero-order valence-corrected chi connectivity index (χ0v) is 20.0. The Morgan fingerprint density at radius 1 is 1.26 bits per heavy atom. The van der Waals surface area contributed by atoms with Crippen LogP contribution in [-0.2, 0) is 30.2 Å². The highest BCUT2D eigenvalue weighted by Crippen LogP contribution is 2.23. The van der Waals surface area contributed by atoms with Gasteiger partial charge in [0.2, 0.25) is 0 Å². The highest BCUT2D eigenvalue weighted by molar-refractivity contribution is 6.59. The third kappa shape index (κ3) is 8.75. The number of nitrogens with one attached hydrogen (secondary N) is 1. The molecular weight excluding hydrogens is 452 g/mol. The lowest BCUT2D eigenvalue weighted by molar-refractivity contribution is -0.165. The second kappa shape index (κ2) is 12.9. The van der Waals surface area contributed by atoms with E-state index >= 15 is 0 Å². The van der Waals surface area contributed by atoms with Crippen molar-refractivity contribution in [3.05, 3.63) is 23.5 Å². The van der Waals surface area contributed by atoms with Crippen molar-refractivity contribution in [2.24, 2.45) is 0 Å². The Kier molecular flexibility index (Phi) is 10.6. The summed E-state index contributed by atoms with van der Waals surface area (Å²) in [5, 5.41) is 21.9. The van der Waals surface area contributed by atoms with Crippen molar-refractivity contribution >= 4 is 24.6 Å². The zero-order chi connectivity index (χ0) is 25.3. The highest BCUT2D eigenvalue weighted by Gasteiger charge is 2.30. The van der Waals surface area contributed by atoms with Crippen molar-refractivity contribution < 1.29 is 47.7 Å². The first-order valence-electron chi connectivity index (χ1n) is 11.1. The molecule has 1 aromatic rings. The van der Waals surface area contributed by atoms with Crippen LogP contribution in [0.1, 0.15) is 45.6 Å². The minimum atomic E-state index is -1.97. The van der Waals surface area contributed by atoms with E-state index in [1.807, 2.05) is 0 Å². The summed E-state index contributed by atoms with van der Waals surface area (Å²) in [5.74, 6) is -1.78. The molecule has 1 aliphatic heterocycles. The van der Waals surface area contributed by atoms with Crippen molar-refractivity contribution in [3.63, 3.8) is 0 Å². The molecule has 2 rings (SSSR count). The predicted octanol–water partition coefficient (Wildman–Crippen LogP) is 1.04. The highest BCUT2D eigenvalue weighted by atomic mass is 19.1. The van der Waals surface area contributed by atoms with Gasteiger partial charge in [-0.25, -0.2) is 14.0 Å². The lowest BCUT2D eigenvalue weighted by Crippen LogP contribution is -2.45. The van der Waals surface area contributed by atoms with Crippen LogP contribution in [0.2, 0.25) is 0 Å². The molecule has 1 aromatic carbocycles. The molecule has 1 unspecified atom stereocenters. The summed E-state index contributed by atoms with van der Waals surface area (Å²) in [6.45, 7) is 5.63. The van der Waals surface area contributed by atoms with Crippen molar-refractivity contribution in [3.8, 4) is 5.75 Å². The van der Waals surface area contributed by atoms with E-state index in [1.54, 1.807) is 20.8 Å². The molecule has 0 aliphatic carbocycles. The molecule has 1 saturated heterocycles. The summed E-state index contributed by atoms with van der Waals surface area (Å²) in [5.41, 5.74) is -1.08. The van der Waals surface area contributed by atoms with E-state index in [1.165, 1.54) is 6.07 Å². The molecule has 1 aliphatic rings. The first-order valence-corrected chi connectivity index (χ1v) is 11.1. The van der Waals surface area contributed by atoms with Gasteiger partial charge in [0.25, 0.3) is 0 Å². The largest absolute Gasteiger partial charge is 0.492 e. The zero-order valence-electron chi connectivity index (χ0n) is 20.0. The molecule has 1 heterocycles. The van der Waals surface area contributed by atoms with Crippen LogP contribution < -0.4 is 15.5 Å². The second-order valence-electron chi connectivity index (χ2n) is 8.76. The SMILES string of the molecule is COC(=O)[C@H](Cc1c(F)ccc(B(O)O)c1OCCOC1CCCCO1)NC(=O)OC(C)(C)C. The van der Waals surface area contributed by atoms with E-state index in [-0.39, 0.29) is 42.7 Å². The molecule has 34 heavy (non-hydrogen) atoms. The van der Waals surface area contributed by atoms with Crippen LogP contribution in [0.25, 0.3) is 0 Å². The van der Waals surface area contributed by atoms with Crippen molar-refractivity contribution in [2.75, 3.05) is 26.9 Å². The fourth-order valence-electron chi connectivity index (χ4n) is 3.34. The Morgan fingerprint density at radius 3 is 2.59 bits per heavy atom. The molecule has 0 radical (unpaired) electrons. The molecule has 1 amide bonds. The number of benzene rings is 1. The van der Waals surface area contributed by atoms with Gasteiger partial charge in [-0.05, 0) is 46.1 Å². The van der Waals surface area contributed by atoms with Crippen molar-refractivity contribution in [2.45, 2.75) is 64.4 Å². The maximum Gasteiger partial charge on any atom is 0.492 e. The Balaban J connectivity index is 2.20. The van der Waals surface area contributed by atoms with Crippen molar-refractivity contribution in [1.29, 1.82) is 0 Å². The second-order valence-corrected chi connectivity index (χ2v) is 8.76. The van der Waals surface area contributed by atoms with Gasteiger partial charge < -0.3 is 39.0 Å². The van der Waals surface area contributed by atoms with Crippen LogP contribution in [0.4, 0.5) is 9.18 Å². The van der Waals surface area contributed by atoms with Gasteiger partial charge in [0.15, 0.2) is 6.29 Å². The third-order valence-corrected chi connectivity index (χ3v) is 4.87. The standard InChI is InChI=1S/C22H33BFNO9/c1-22(2,3)34-21(27)25-17(20(26)30-4)13-14-16(24)9-8-15(23(28)29)19(14)33-12-11-32-18-7-5-6-10-31-18/h8-9,17-18,28-29H,5-7,10-13H2,1-4H3,(H,25,27)/t17-,18?/m0/s1. The lowest BCUT2D eigenvalue weighted by atomic mass is 9.78. The van der Waals surface area contributed by atoms with Crippen LogP contribution >= 0.6 is 0 Å². The summed E-state index contributed by atoms with van der Waals surface area (Å²) >= 11 is 0. The monoisotopic (exact) mass is 485 g/mol. The minimum Gasteiger partial charge on any atom is -0.491 e. The molecule has 1 fully saturated rings. The van der Waals surface area contributed by atoms with Crippen LogP contribution in [0.15, 0.2) is 12.1 Å². The van der Waals surface area contributed by atoms with Crippen LogP contribution in [0, 0.1) is 5.82 Å². The average molecular weight is 485 g/mol.